The standard InChI is InChI=1S/C28H32Cl2N4O5S2.C12H23N3O3/c1-17(2)12-22(32-27(36)24-13-19-6-4-5-7-23(19)40-24)28(37)34-11-10-33(16-18(34)3)26(35)15-31-41(38,39)25-9-8-20(29)14-21(25)30;1-9-8-15(6-5-13-9)10(16)7-14-11(17)18-12(2,3)4/h4-9,13-14,17-18,22,31H,10-12,15-16H2,1-3H3,(H,32,36);9,13H,5-8H2,1-4H3,(H,14,17)/t18-,22-;9-/m00/s1. The Morgan fingerprint density at radius 3 is 2.24 bits per heavy atom. The van der Waals surface area contributed by atoms with Gasteiger partial charge in [-0.25, -0.2) is 17.9 Å². The normalized spacial score (nSPS) is 17.8. The van der Waals surface area contributed by atoms with Crippen LogP contribution in [0.4, 0.5) is 4.79 Å². The van der Waals surface area contributed by atoms with Crippen LogP contribution >= 0.6 is 34.5 Å². The minimum absolute atomic E-state index is 0.0123. The molecule has 1 aromatic heterocycles. The summed E-state index contributed by atoms with van der Waals surface area (Å²) in [6, 6.07) is 12.8. The maximum Gasteiger partial charge on any atom is 0.408 e. The Morgan fingerprint density at radius 2 is 1.61 bits per heavy atom. The van der Waals surface area contributed by atoms with Crippen molar-refractivity contribution in [3.8, 4) is 0 Å². The number of sulfonamides is 1. The van der Waals surface area contributed by atoms with Crippen LogP contribution in [0.5, 0.6) is 0 Å². The van der Waals surface area contributed by atoms with Gasteiger partial charge in [0, 0.05) is 61.1 Å². The van der Waals surface area contributed by atoms with Crippen LogP contribution in [-0.4, -0.2) is 129 Å². The highest BCUT2D eigenvalue weighted by molar-refractivity contribution is 7.89. The highest BCUT2D eigenvalue weighted by atomic mass is 35.5. The fourth-order valence-electron chi connectivity index (χ4n) is 6.50. The summed E-state index contributed by atoms with van der Waals surface area (Å²) in [6.45, 7) is 15.6. The molecule has 3 aromatic rings. The molecule has 5 amide bonds. The zero-order chi connectivity index (χ0) is 43.7. The van der Waals surface area contributed by atoms with Crippen molar-refractivity contribution in [2.24, 2.45) is 5.92 Å². The quantitative estimate of drug-likeness (QED) is 0.211. The van der Waals surface area contributed by atoms with E-state index in [9.17, 15) is 32.4 Å². The second kappa shape index (κ2) is 21.0. The Balaban J connectivity index is 0.000000358. The Bertz CT molecular complexity index is 2060. The largest absolute Gasteiger partial charge is 0.444 e. The second-order valence-electron chi connectivity index (χ2n) is 16.0. The van der Waals surface area contributed by atoms with Crippen LogP contribution in [0.25, 0.3) is 10.1 Å². The van der Waals surface area contributed by atoms with E-state index >= 15 is 0 Å². The van der Waals surface area contributed by atoms with Crippen LogP contribution in [0.2, 0.25) is 10.0 Å². The monoisotopic (exact) mass is 895 g/mol. The van der Waals surface area contributed by atoms with Crippen molar-refractivity contribution in [1.29, 1.82) is 0 Å². The van der Waals surface area contributed by atoms with Gasteiger partial charge in [-0.15, -0.1) is 11.3 Å². The molecular formula is C40H55Cl2N7O8S2. The highest BCUT2D eigenvalue weighted by Crippen LogP contribution is 2.27. The first kappa shape index (κ1) is 47.7. The van der Waals surface area contributed by atoms with Gasteiger partial charge in [0.05, 0.1) is 16.4 Å². The molecule has 2 saturated heterocycles. The number of hydrogen-bond donors (Lipinski definition) is 4. The van der Waals surface area contributed by atoms with Gasteiger partial charge in [0.15, 0.2) is 0 Å². The zero-order valence-corrected chi connectivity index (χ0v) is 37.6. The van der Waals surface area contributed by atoms with E-state index in [1.54, 1.807) is 30.6 Å². The van der Waals surface area contributed by atoms with Gasteiger partial charge in [-0.05, 0) is 82.7 Å². The lowest BCUT2D eigenvalue weighted by Gasteiger charge is -2.41. The van der Waals surface area contributed by atoms with Crippen molar-refractivity contribution in [2.75, 3.05) is 52.4 Å². The zero-order valence-electron chi connectivity index (χ0n) is 34.5. The van der Waals surface area contributed by atoms with Crippen molar-refractivity contribution in [3.63, 3.8) is 0 Å². The summed E-state index contributed by atoms with van der Waals surface area (Å²) in [7, 11) is -4.04. The van der Waals surface area contributed by atoms with Gasteiger partial charge in [0.2, 0.25) is 27.7 Å². The first-order valence-electron chi connectivity index (χ1n) is 19.4. The number of carbonyl (C=O) groups excluding carboxylic acids is 5. The second-order valence-corrected chi connectivity index (χ2v) is 19.6. The SMILES string of the molecule is CC(C)C[C@H](NC(=O)c1cc2ccccc2s1)C(=O)N1CCN(C(=O)CNS(=O)(=O)c2ccc(Cl)cc2Cl)C[C@@H]1C.C[C@H]1CN(C(=O)CNC(=O)OC(C)(C)C)CCN1. The van der Waals surface area contributed by atoms with Crippen LogP contribution in [-0.2, 0) is 29.1 Å². The van der Waals surface area contributed by atoms with Crippen LogP contribution in [0.1, 0.15) is 64.6 Å². The average molecular weight is 897 g/mol. The van der Waals surface area contributed by atoms with Gasteiger partial charge < -0.3 is 35.4 Å². The van der Waals surface area contributed by atoms with E-state index in [1.807, 2.05) is 58.0 Å². The predicted molar refractivity (Wildman–Crippen MR) is 230 cm³/mol. The van der Waals surface area contributed by atoms with Gasteiger partial charge in [0.1, 0.15) is 23.1 Å². The first-order chi connectivity index (χ1) is 27.6. The minimum Gasteiger partial charge on any atom is -0.444 e. The number of fused-ring (bicyclic) bond motifs is 1. The summed E-state index contributed by atoms with van der Waals surface area (Å²) in [6.07, 6.45) is -0.0878. The molecule has 0 spiro atoms. The number of ether oxygens (including phenoxy) is 1. The molecule has 0 radical (unpaired) electrons. The maximum absolute atomic E-state index is 13.6. The van der Waals surface area contributed by atoms with Crippen LogP contribution in [0, 0.1) is 5.92 Å². The van der Waals surface area contributed by atoms with Gasteiger partial charge >= 0.3 is 6.09 Å². The Kier molecular flexibility index (Phi) is 17.0. The number of nitrogens with one attached hydrogen (secondary N) is 4. The number of piperazine rings is 2. The summed E-state index contributed by atoms with van der Waals surface area (Å²) >= 11 is 13.3. The Hall–Kier alpha value is -4.00. The number of carbonyl (C=O) groups is 5. The third kappa shape index (κ3) is 14.3. The number of halogens is 2. The number of amides is 5. The molecule has 2 fully saturated rings. The summed E-state index contributed by atoms with van der Waals surface area (Å²) in [5.41, 5.74) is -0.545. The third-order valence-corrected chi connectivity index (χ3v) is 12.6. The Labute approximate surface area is 360 Å². The summed E-state index contributed by atoms with van der Waals surface area (Å²) < 4.78 is 33.7. The molecule has 4 N–H and O–H groups in total. The van der Waals surface area contributed by atoms with Gasteiger partial charge in [0.25, 0.3) is 5.91 Å². The molecule has 15 nitrogen and oxygen atoms in total. The van der Waals surface area contributed by atoms with Gasteiger partial charge in [-0.2, -0.15) is 0 Å². The molecule has 2 aromatic carbocycles. The molecule has 0 saturated carbocycles. The molecule has 2 aliphatic rings. The molecule has 324 valence electrons. The molecule has 19 heteroatoms. The number of nitrogens with zero attached hydrogens (tertiary/aromatic N) is 3. The highest BCUT2D eigenvalue weighted by Gasteiger charge is 2.35. The fraction of sp³-hybridized carbons (Fsp3) is 0.525. The van der Waals surface area contributed by atoms with Crippen LogP contribution < -0.4 is 20.7 Å². The van der Waals surface area contributed by atoms with Crippen molar-refractivity contribution < 1.29 is 37.1 Å². The molecule has 3 atom stereocenters. The lowest BCUT2D eigenvalue weighted by Crippen LogP contribution is -2.60. The summed E-state index contributed by atoms with van der Waals surface area (Å²) in [4.78, 5) is 68.2. The Morgan fingerprint density at radius 1 is 0.932 bits per heavy atom. The number of alkyl carbamates (subject to hydrolysis) is 1. The predicted octanol–water partition coefficient (Wildman–Crippen LogP) is 4.72. The molecular weight excluding hydrogens is 842 g/mol. The van der Waals surface area contributed by atoms with Crippen molar-refractivity contribution in [1.82, 2.24) is 35.4 Å². The van der Waals surface area contributed by atoms with Crippen molar-refractivity contribution in [2.45, 2.75) is 83.5 Å². The third-order valence-electron chi connectivity index (χ3n) is 9.32. The van der Waals surface area contributed by atoms with E-state index in [2.05, 4.69) is 20.7 Å². The smallest absolute Gasteiger partial charge is 0.408 e. The molecule has 0 aliphatic carbocycles. The van der Waals surface area contributed by atoms with E-state index in [-0.39, 0.29) is 65.8 Å². The number of benzene rings is 2. The van der Waals surface area contributed by atoms with Crippen LogP contribution in [0.15, 0.2) is 53.4 Å². The van der Waals surface area contributed by atoms with E-state index in [0.717, 1.165) is 16.6 Å². The lowest BCUT2D eigenvalue weighted by molar-refractivity contribution is -0.143. The summed E-state index contributed by atoms with van der Waals surface area (Å²) in [5, 5.41) is 9.90. The average Bonchev–Trinajstić information content (AvgIpc) is 3.60. The van der Waals surface area contributed by atoms with E-state index in [0.29, 0.717) is 35.5 Å². The number of rotatable bonds is 11. The lowest BCUT2D eigenvalue weighted by atomic mass is 10.0. The topological polar surface area (TPSA) is 187 Å². The van der Waals surface area contributed by atoms with E-state index in [4.69, 9.17) is 27.9 Å². The van der Waals surface area contributed by atoms with Crippen LogP contribution in [0.3, 0.4) is 0 Å². The van der Waals surface area contributed by atoms with E-state index in [1.165, 1.54) is 34.4 Å². The molecule has 3 heterocycles. The number of hydrogen-bond acceptors (Lipinski definition) is 10. The van der Waals surface area contributed by atoms with Gasteiger partial charge in [-0.3, -0.25) is 19.2 Å². The molecule has 0 bridgehead atoms. The minimum atomic E-state index is -4.04. The molecule has 2 aliphatic heterocycles. The fourth-order valence-corrected chi connectivity index (χ4v) is 9.21. The van der Waals surface area contributed by atoms with Crippen molar-refractivity contribution >= 4 is 84.4 Å². The maximum atomic E-state index is 13.6. The molecule has 0 unspecified atom stereocenters. The first-order valence-corrected chi connectivity index (χ1v) is 22.5. The van der Waals surface area contributed by atoms with Crippen molar-refractivity contribution in [3.05, 3.63) is 63.5 Å². The van der Waals surface area contributed by atoms with Gasteiger partial charge in [-0.1, -0.05) is 55.2 Å². The molecule has 59 heavy (non-hydrogen) atoms. The van der Waals surface area contributed by atoms with E-state index < -0.39 is 40.2 Å². The number of thiophene rings is 1. The summed E-state index contributed by atoms with van der Waals surface area (Å²) in [5.74, 6) is -0.832. The molecule has 5 rings (SSSR count).